The lowest BCUT2D eigenvalue weighted by Gasteiger charge is -2.17. The van der Waals surface area contributed by atoms with Crippen LogP contribution in [0, 0.1) is 0 Å². The van der Waals surface area contributed by atoms with Gasteiger partial charge in [-0.1, -0.05) is 11.6 Å². The molecule has 1 aliphatic rings. The molecule has 0 aliphatic carbocycles. The van der Waals surface area contributed by atoms with Gasteiger partial charge < -0.3 is 16.4 Å². The van der Waals surface area contributed by atoms with Crippen LogP contribution in [-0.2, 0) is 4.79 Å². The van der Waals surface area contributed by atoms with Gasteiger partial charge in [0.2, 0.25) is 11.9 Å². The first-order chi connectivity index (χ1) is 6.16. The molecule has 1 aromatic rings. The van der Waals surface area contributed by atoms with E-state index in [-0.39, 0.29) is 23.6 Å². The molecule has 1 amide bonds. The lowest BCUT2D eigenvalue weighted by molar-refractivity contribution is -0.114. The highest BCUT2D eigenvalue weighted by molar-refractivity contribution is 6.33. The lowest BCUT2D eigenvalue weighted by atomic mass is 10.3. The van der Waals surface area contributed by atoms with Crippen molar-refractivity contribution >= 4 is 35.0 Å². The quantitative estimate of drug-likeness (QED) is 0.515. The van der Waals surface area contributed by atoms with Gasteiger partial charge in [-0.25, -0.2) is 0 Å². The van der Waals surface area contributed by atoms with Gasteiger partial charge in [-0.05, 0) is 0 Å². The number of amides is 1. The van der Waals surface area contributed by atoms with Crippen molar-refractivity contribution in [1.82, 2.24) is 9.97 Å². The van der Waals surface area contributed by atoms with Crippen LogP contribution in [0.5, 0.6) is 0 Å². The molecule has 7 heteroatoms. The Labute approximate surface area is 78.5 Å². The highest BCUT2D eigenvalue weighted by Gasteiger charge is 2.19. The molecule has 68 valence electrons. The molecule has 2 heterocycles. The third-order valence-corrected chi connectivity index (χ3v) is 1.84. The van der Waals surface area contributed by atoms with Crippen molar-refractivity contribution in [3.63, 3.8) is 0 Å². The van der Waals surface area contributed by atoms with Crippen LogP contribution < -0.4 is 16.4 Å². The Balaban J connectivity index is 2.53. The Hall–Kier alpha value is -1.56. The first-order valence-electron chi connectivity index (χ1n) is 3.53. The molecule has 6 nitrogen and oxygen atoms in total. The predicted octanol–water partition coefficient (Wildman–Crippen LogP) is 0.0762. The van der Waals surface area contributed by atoms with E-state index in [2.05, 4.69) is 20.6 Å². The van der Waals surface area contributed by atoms with Gasteiger partial charge in [0.15, 0.2) is 11.0 Å². The molecule has 0 aromatic carbocycles. The Morgan fingerprint density at radius 3 is 3.00 bits per heavy atom. The molecular weight excluding hydrogens is 194 g/mol. The summed E-state index contributed by atoms with van der Waals surface area (Å²) in [6, 6.07) is 0. The molecule has 0 fully saturated rings. The van der Waals surface area contributed by atoms with Gasteiger partial charge in [0, 0.05) is 0 Å². The van der Waals surface area contributed by atoms with Gasteiger partial charge in [-0.3, -0.25) is 4.79 Å². The zero-order valence-corrected chi connectivity index (χ0v) is 7.22. The highest BCUT2D eigenvalue weighted by Crippen LogP contribution is 2.29. The van der Waals surface area contributed by atoms with Crippen LogP contribution in [-0.4, -0.2) is 22.4 Å². The Kier molecular flexibility index (Phi) is 1.70. The number of nitrogen functional groups attached to an aromatic ring is 1. The molecule has 1 aliphatic heterocycles. The molecule has 0 unspecified atom stereocenters. The third-order valence-electron chi connectivity index (χ3n) is 1.56. The second kappa shape index (κ2) is 2.74. The minimum atomic E-state index is -0.178. The van der Waals surface area contributed by atoms with Crippen molar-refractivity contribution < 1.29 is 4.79 Å². The summed E-state index contributed by atoms with van der Waals surface area (Å²) in [5.74, 6) is 0.354. The number of rotatable bonds is 0. The second-order valence-corrected chi connectivity index (χ2v) is 2.86. The van der Waals surface area contributed by atoms with Gasteiger partial charge in [0.1, 0.15) is 5.69 Å². The normalized spacial score (nSPS) is 14.4. The van der Waals surface area contributed by atoms with Crippen molar-refractivity contribution in [3.8, 4) is 0 Å². The lowest BCUT2D eigenvalue weighted by Crippen LogP contribution is -2.28. The summed E-state index contributed by atoms with van der Waals surface area (Å²) >= 11 is 5.73. The van der Waals surface area contributed by atoms with E-state index in [0.717, 1.165) is 0 Å². The molecular formula is C6H6ClN5O. The second-order valence-electron chi connectivity index (χ2n) is 2.50. The number of aromatic nitrogens is 2. The Morgan fingerprint density at radius 2 is 2.23 bits per heavy atom. The number of nitrogens with zero attached hydrogens (tertiary/aromatic N) is 2. The van der Waals surface area contributed by atoms with E-state index in [9.17, 15) is 4.79 Å². The molecule has 0 spiro atoms. The minimum absolute atomic E-state index is 0.0763. The number of fused-ring (bicyclic) bond motifs is 1. The SMILES string of the molecule is Nc1nc(Cl)c2c(n1)NCC(=O)N2. The number of nitrogens with one attached hydrogen (secondary N) is 2. The van der Waals surface area contributed by atoms with Gasteiger partial charge in [-0.2, -0.15) is 9.97 Å². The molecule has 13 heavy (non-hydrogen) atoms. The van der Waals surface area contributed by atoms with E-state index in [4.69, 9.17) is 17.3 Å². The zero-order chi connectivity index (χ0) is 9.42. The van der Waals surface area contributed by atoms with Crippen LogP contribution >= 0.6 is 11.6 Å². The van der Waals surface area contributed by atoms with Crippen LogP contribution in [0.15, 0.2) is 0 Å². The first kappa shape index (κ1) is 8.06. The van der Waals surface area contributed by atoms with E-state index in [1.165, 1.54) is 0 Å². The average Bonchev–Trinajstić information content (AvgIpc) is 2.06. The summed E-state index contributed by atoms with van der Waals surface area (Å²) in [4.78, 5) is 18.5. The molecule has 0 saturated heterocycles. The van der Waals surface area contributed by atoms with E-state index in [1.807, 2.05) is 0 Å². The minimum Gasteiger partial charge on any atom is -0.368 e. The highest BCUT2D eigenvalue weighted by atomic mass is 35.5. The predicted molar refractivity (Wildman–Crippen MR) is 48.6 cm³/mol. The average molecular weight is 200 g/mol. The largest absolute Gasteiger partial charge is 0.368 e. The van der Waals surface area contributed by atoms with Gasteiger partial charge >= 0.3 is 0 Å². The summed E-state index contributed by atoms with van der Waals surface area (Å²) in [5, 5.41) is 5.45. The van der Waals surface area contributed by atoms with E-state index < -0.39 is 0 Å². The molecule has 2 rings (SSSR count). The third kappa shape index (κ3) is 1.35. The number of halogens is 1. The Bertz CT molecular complexity index is 380. The maximum atomic E-state index is 10.9. The van der Waals surface area contributed by atoms with E-state index in [1.54, 1.807) is 0 Å². The van der Waals surface area contributed by atoms with Gasteiger partial charge in [0.25, 0.3) is 0 Å². The molecule has 0 radical (unpaired) electrons. The molecule has 0 saturated carbocycles. The van der Waals surface area contributed by atoms with Crippen molar-refractivity contribution in [2.24, 2.45) is 0 Å². The standard InChI is InChI=1S/C6H6ClN5O/c7-4-3-5(12-6(8)11-4)9-1-2(13)10-3/h1H2,(H,10,13)(H3,8,9,11,12). The summed E-state index contributed by atoms with van der Waals surface area (Å²) in [6.45, 7) is 0.166. The van der Waals surface area contributed by atoms with Gasteiger partial charge in [-0.15, -0.1) is 0 Å². The molecule has 0 atom stereocenters. The van der Waals surface area contributed by atoms with E-state index in [0.29, 0.717) is 11.5 Å². The summed E-state index contributed by atoms with van der Waals surface area (Å²) in [6.07, 6.45) is 0. The number of carbonyl (C=O) groups is 1. The summed E-state index contributed by atoms with van der Waals surface area (Å²) < 4.78 is 0. The fraction of sp³-hybridized carbons (Fsp3) is 0.167. The summed E-state index contributed by atoms with van der Waals surface area (Å²) in [7, 11) is 0. The molecule has 0 bridgehead atoms. The molecule has 1 aromatic heterocycles. The van der Waals surface area contributed by atoms with Crippen LogP contribution in [0.4, 0.5) is 17.5 Å². The monoisotopic (exact) mass is 199 g/mol. The van der Waals surface area contributed by atoms with Crippen molar-refractivity contribution in [2.75, 3.05) is 22.9 Å². The van der Waals surface area contributed by atoms with Crippen LogP contribution in [0.25, 0.3) is 0 Å². The smallest absolute Gasteiger partial charge is 0.243 e. The number of carbonyl (C=O) groups excluding carboxylic acids is 1. The topological polar surface area (TPSA) is 92.9 Å². The van der Waals surface area contributed by atoms with Crippen molar-refractivity contribution in [3.05, 3.63) is 5.15 Å². The number of nitrogens with two attached hydrogens (primary N) is 1. The van der Waals surface area contributed by atoms with Crippen LogP contribution in [0.2, 0.25) is 5.15 Å². The van der Waals surface area contributed by atoms with Crippen molar-refractivity contribution in [2.45, 2.75) is 0 Å². The Morgan fingerprint density at radius 1 is 1.46 bits per heavy atom. The maximum Gasteiger partial charge on any atom is 0.243 e. The fourth-order valence-electron chi connectivity index (χ4n) is 1.04. The number of hydrogen-bond donors (Lipinski definition) is 3. The first-order valence-corrected chi connectivity index (χ1v) is 3.91. The number of hydrogen-bond acceptors (Lipinski definition) is 5. The van der Waals surface area contributed by atoms with Crippen LogP contribution in [0.3, 0.4) is 0 Å². The van der Waals surface area contributed by atoms with Crippen LogP contribution in [0.1, 0.15) is 0 Å². The molecule has 4 N–H and O–H groups in total. The number of anilines is 3. The maximum absolute atomic E-state index is 10.9. The van der Waals surface area contributed by atoms with Crippen molar-refractivity contribution in [1.29, 1.82) is 0 Å². The van der Waals surface area contributed by atoms with Gasteiger partial charge in [0.05, 0.1) is 6.54 Å². The van der Waals surface area contributed by atoms with E-state index >= 15 is 0 Å². The fourth-order valence-corrected chi connectivity index (χ4v) is 1.26. The zero-order valence-electron chi connectivity index (χ0n) is 6.47. The summed E-state index contributed by atoms with van der Waals surface area (Å²) in [5.41, 5.74) is 5.74.